The van der Waals surface area contributed by atoms with E-state index < -0.39 is 0 Å². The summed E-state index contributed by atoms with van der Waals surface area (Å²) >= 11 is 1.69. The number of likely N-dealkylation sites (tertiary alicyclic amines) is 1. The third-order valence-corrected chi connectivity index (χ3v) is 7.89. The Kier molecular flexibility index (Phi) is 5.43. The number of fused-ring (bicyclic) bond motifs is 5. The minimum absolute atomic E-state index is 0.233. The first kappa shape index (κ1) is 21.4. The lowest BCUT2D eigenvalue weighted by molar-refractivity contribution is -0.127. The Bertz CT molecular complexity index is 1190. The molecule has 0 aromatic carbocycles. The molecule has 1 aliphatic carbocycles. The summed E-state index contributed by atoms with van der Waals surface area (Å²) in [6.45, 7) is 10.3. The van der Waals surface area contributed by atoms with Crippen molar-refractivity contribution in [2.75, 3.05) is 43.4 Å². The lowest BCUT2D eigenvalue weighted by Crippen LogP contribution is -2.27. The second-order valence-corrected chi connectivity index (χ2v) is 10.9. The lowest BCUT2D eigenvalue weighted by atomic mass is 9.90. The van der Waals surface area contributed by atoms with E-state index in [0.717, 1.165) is 78.5 Å². The summed E-state index contributed by atoms with van der Waals surface area (Å²) in [4.78, 5) is 31.5. The number of rotatable bonds is 7. The zero-order chi connectivity index (χ0) is 22.5. The predicted octanol–water partition coefficient (Wildman–Crippen LogP) is 4.24. The lowest BCUT2D eigenvalue weighted by Gasteiger charge is -2.20. The first-order valence-corrected chi connectivity index (χ1v) is 12.5. The second-order valence-electron chi connectivity index (χ2n) is 9.87. The van der Waals surface area contributed by atoms with Crippen LogP contribution in [0.1, 0.15) is 51.2 Å². The molecule has 170 valence electrons. The quantitative estimate of drug-likeness (QED) is 0.541. The van der Waals surface area contributed by atoms with E-state index in [1.165, 1.54) is 16.5 Å². The van der Waals surface area contributed by atoms with Gasteiger partial charge in [0, 0.05) is 45.0 Å². The number of pyridine rings is 1. The number of amides is 1. The van der Waals surface area contributed by atoms with Crippen molar-refractivity contribution in [2.24, 2.45) is 5.41 Å². The highest BCUT2D eigenvalue weighted by atomic mass is 32.1. The number of nitrogens with zero attached hydrogens (tertiary/aromatic N) is 5. The number of carbonyl (C=O) groups excluding carboxylic acids is 1. The number of nitrogens with one attached hydrogen (secondary N) is 1. The number of anilines is 2. The van der Waals surface area contributed by atoms with Gasteiger partial charge in [-0.15, -0.1) is 11.3 Å². The van der Waals surface area contributed by atoms with Crippen molar-refractivity contribution in [1.82, 2.24) is 19.9 Å². The van der Waals surface area contributed by atoms with Crippen LogP contribution in [0, 0.1) is 5.41 Å². The zero-order valence-corrected chi connectivity index (χ0v) is 20.3. The topological polar surface area (TPSA) is 74.2 Å². The van der Waals surface area contributed by atoms with Gasteiger partial charge in [-0.2, -0.15) is 0 Å². The van der Waals surface area contributed by atoms with Gasteiger partial charge in [0.1, 0.15) is 22.8 Å². The zero-order valence-electron chi connectivity index (χ0n) is 19.5. The van der Waals surface area contributed by atoms with Gasteiger partial charge in [0.2, 0.25) is 5.91 Å². The Labute approximate surface area is 193 Å². The van der Waals surface area contributed by atoms with E-state index in [9.17, 15) is 4.79 Å². The van der Waals surface area contributed by atoms with Crippen molar-refractivity contribution in [3.63, 3.8) is 0 Å². The molecule has 1 fully saturated rings. The van der Waals surface area contributed by atoms with Crippen molar-refractivity contribution >= 4 is 49.3 Å². The summed E-state index contributed by atoms with van der Waals surface area (Å²) < 4.78 is 1.08. The van der Waals surface area contributed by atoms with Crippen molar-refractivity contribution in [2.45, 2.75) is 52.9 Å². The standard InChI is InChI=1S/C24H32N6OS/c1-5-29(4)22-16-13-24(2,3)12-15(16)18-19-20(32-23(18)28-22)21(27-14-26-19)25-9-7-11-30-10-6-8-17(30)31/h14H,5-13H2,1-4H3,(H,25,26,27). The van der Waals surface area contributed by atoms with Crippen LogP contribution in [0.4, 0.5) is 11.6 Å². The molecule has 1 amide bonds. The third kappa shape index (κ3) is 3.68. The number of hydrogen-bond acceptors (Lipinski definition) is 7. The molecule has 0 saturated carbocycles. The average molecular weight is 453 g/mol. The van der Waals surface area contributed by atoms with Crippen LogP contribution < -0.4 is 10.2 Å². The van der Waals surface area contributed by atoms with Crippen LogP contribution in [0.25, 0.3) is 20.4 Å². The van der Waals surface area contributed by atoms with Crippen LogP contribution in [0.15, 0.2) is 6.33 Å². The van der Waals surface area contributed by atoms with Crippen molar-refractivity contribution in [1.29, 1.82) is 0 Å². The largest absolute Gasteiger partial charge is 0.369 e. The van der Waals surface area contributed by atoms with Gasteiger partial charge in [0.15, 0.2) is 0 Å². The molecule has 2 aliphatic rings. The van der Waals surface area contributed by atoms with Crippen LogP contribution in [0.2, 0.25) is 0 Å². The molecule has 1 saturated heterocycles. The normalized spacial score (nSPS) is 17.5. The minimum Gasteiger partial charge on any atom is -0.369 e. The van der Waals surface area contributed by atoms with Gasteiger partial charge in [-0.3, -0.25) is 4.79 Å². The predicted molar refractivity (Wildman–Crippen MR) is 132 cm³/mol. The molecule has 32 heavy (non-hydrogen) atoms. The number of carbonyl (C=O) groups is 1. The number of thiophene rings is 1. The van der Waals surface area contributed by atoms with Crippen LogP contribution in [0.3, 0.4) is 0 Å². The molecule has 3 aromatic heterocycles. The van der Waals surface area contributed by atoms with Crippen molar-refractivity contribution in [3.05, 3.63) is 17.5 Å². The smallest absolute Gasteiger partial charge is 0.222 e. The molecule has 7 nitrogen and oxygen atoms in total. The third-order valence-electron chi connectivity index (χ3n) is 6.81. The molecule has 1 N–H and O–H groups in total. The Morgan fingerprint density at radius 2 is 2.06 bits per heavy atom. The second kappa shape index (κ2) is 8.14. The number of aromatic nitrogens is 3. The van der Waals surface area contributed by atoms with Gasteiger partial charge in [0.25, 0.3) is 0 Å². The van der Waals surface area contributed by atoms with Crippen LogP contribution >= 0.6 is 11.3 Å². The fourth-order valence-corrected chi connectivity index (χ4v) is 6.23. The molecule has 0 bridgehead atoms. The van der Waals surface area contributed by atoms with Gasteiger partial charge < -0.3 is 15.1 Å². The van der Waals surface area contributed by atoms with Crippen molar-refractivity contribution in [3.8, 4) is 0 Å². The maximum absolute atomic E-state index is 11.8. The van der Waals surface area contributed by atoms with Crippen LogP contribution in [-0.2, 0) is 17.6 Å². The van der Waals surface area contributed by atoms with E-state index in [1.54, 1.807) is 17.7 Å². The van der Waals surface area contributed by atoms with E-state index in [2.05, 4.69) is 43.0 Å². The summed E-state index contributed by atoms with van der Waals surface area (Å²) in [6.07, 6.45) is 6.37. The molecular formula is C24H32N6OS. The van der Waals surface area contributed by atoms with Crippen LogP contribution in [-0.4, -0.2) is 59.0 Å². The fraction of sp³-hybridized carbons (Fsp3) is 0.583. The molecule has 3 aromatic rings. The van der Waals surface area contributed by atoms with Gasteiger partial charge in [0.05, 0.1) is 10.2 Å². The molecule has 0 unspecified atom stereocenters. The summed E-state index contributed by atoms with van der Waals surface area (Å²) in [7, 11) is 2.13. The first-order chi connectivity index (χ1) is 15.4. The summed E-state index contributed by atoms with van der Waals surface area (Å²) in [5.74, 6) is 2.28. The monoisotopic (exact) mass is 452 g/mol. The Morgan fingerprint density at radius 3 is 2.81 bits per heavy atom. The van der Waals surface area contributed by atoms with E-state index in [-0.39, 0.29) is 11.3 Å². The Hall–Kier alpha value is -2.48. The van der Waals surface area contributed by atoms with E-state index in [4.69, 9.17) is 9.97 Å². The van der Waals surface area contributed by atoms with Gasteiger partial charge in [-0.25, -0.2) is 15.0 Å². The van der Waals surface area contributed by atoms with Crippen LogP contribution in [0.5, 0.6) is 0 Å². The highest BCUT2D eigenvalue weighted by molar-refractivity contribution is 7.26. The molecule has 8 heteroatoms. The SMILES string of the molecule is CCN(C)c1nc2sc3c(NCCCN4CCCC4=O)ncnc3c2c2c1CC(C)(C)C2. The Morgan fingerprint density at radius 1 is 1.25 bits per heavy atom. The number of hydrogen-bond donors (Lipinski definition) is 1. The molecule has 0 atom stereocenters. The summed E-state index contributed by atoms with van der Waals surface area (Å²) in [6, 6.07) is 0. The van der Waals surface area contributed by atoms with E-state index >= 15 is 0 Å². The van der Waals surface area contributed by atoms with Gasteiger partial charge in [-0.1, -0.05) is 13.8 Å². The first-order valence-electron chi connectivity index (χ1n) is 11.7. The summed E-state index contributed by atoms with van der Waals surface area (Å²) in [5, 5.41) is 4.72. The van der Waals surface area contributed by atoms with Crippen molar-refractivity contribution < 1.29 is 4.79 Å². The van der Waals surface area contributed by atoms with Gasteiger partial charge in [-0.05, 0) is 49.1 Å². The molecule has 1 aliphatic heterocycles. The average Bonchev–Trinajstić information content (AvgIpc) is 3.43. The molecule has 0 radical (unpaired) electrons. The van der Waals surface area contributed by atoms with E-state index in [0.29, 0.717) is 6.42 Å². The maximum Gasteiger partial charge on any atom is 0.222 e. The highest BCUT2D eigenvalue weighted by Crippen LogP contribution is 2.47. The Balaban J connectivity index is 1.48. The molecule has 5 rings (SSSR count). The maximum atomic E-state index is 11.8. The minimum atomic E-state index is 0.233. The highest BCUT2D eigenvalue weighted by Gasteiger charge is 2.35. The fourth-order valence-electron chi connectivity index (χ4n) is 5.11. The molecular weight excluding hydrogens is 420 g/mol. The molecule has 0 spiro atoms. The molecule has 4 heterocycles. The van der Waals surface area contributed by atoms with E-state index in [1.807, 2.05) is 4.90 Å². The van der Waals surface area contributed by atoms with Gasteiger partial charge >= 0.3 is 0 Å². The summed E-state index contributed by atoms with van der Waals surface area (Å²) in [5.41, 5.74) is 4.05.